The monoisotopic (exact) mass is 1030 g/mol. The second kappa shape index (κ2) is 17.6. The second-order valence-corrected chi connectivity index (χ2v) is 16.8. The molecule has 4 bridgehead atoms. The molecule has 3 fully saturated rings. The average molecular weight is 1040 g/mol. The van der Waals surface area contributed by atoms with Crippen LogP contribution in [0.3, 0.4) is 0 Å². The van der Waals surface area contributed by atoms with Crippen LogP contribution in [0, 0.1) is 0 Å². The molecule has 318 valence electrons. The van der Waals surface area contributed by atoms with Crippen molar-refractivity contribution in [2.45, 2.75) is 61.3 Å². The van der Waals surface area contributed by atoms with E-state index in [0.29, 0.717) is 0 Å². The summed E-state index contributed by atoms with van der Waals surface area (Å²) in [5, 5.41) is 20.4. The van der Waals surface area contributed by atoms with Gasteiger partial charge >= 0.3 is 12.0 Å². The van der Waals surface area contributed by atoms with E-state index in [1.165, 1.54) is 55.2 Å². The summed E-state index contributed by atoms with van der Waals surface area (Å²) < 4.78 is 49.6. The molecule has 0 aromatic carbocycles. The summed E-state index contributed by atoms with van der Waals surface area (Å²) >= 11 is 73.3. The Kier molecular flexibility index (Phi) is 16.0. The van der Waals surface area contributed by atoms with Gasteiger partial charge in [-0.15, -0.1) is 46.4 Å². The van der Waals surface area contributed by atoms with Gasteiger partial charge in [0.15, 0.2) is 31.7 Å². The Morgan fingerprint density at radius 2 is 0.804 bits per heavy atom. The van der Waals surface area contributed by atoms with Gasteiger partial charge in [-0.2, -0.15) is 0 Å². The fraction of sp³-hybridized carbons (Fsp3) is 0.586. The van der Waals surface area contributed by atoms with Crippen LogP contribution in [0.25, 0.3) is 0 Å². The van der Waals surface area contributed by atoms with Gasteiger partial charge in [0.25, 0.3) is 0 Å². The van der Waals surface area contributed by atoms with Crippen molar-refractivity contribution in [2.24, 2.45) is 0 Å². The van der Waals surface area contributed by atoms with Crippen molar-refractivity contribution in [1.29, 1.82) is 0 Å². The van der Waals surface area contributed by atoms with Crippen molar-refractivity contribution in [3.63, 3.8) is 0 Å². The van der Waals surface area contributed by atoms with Crippen molar-refractivity contribution in [1.82, 2.24) is 0 Å². The maximum Gasteiger partial charge on any atom is 0.518 e. The van der Waals surface area contributed by atoms with Gasteiger partial charge < -0.3 is 62.4 Å². The lowest BCUT2D eigenvalue weighted by Gasteiger charge is -2.40. The summed E-state index contributed by atoms with van der Waals surface area (Å²) in [5.41, 5.74) is 0. The van der Waals surface area contributed by atoms with Gasteiger partial charge in [-0.05, 0) is 0 Å². The van der Waals surface area contributed by atoms with E-state index in [1.54, 1.807) is 0 Å². The van der Waals surface area contributed by atoms with Crippen LogP contribution in [-0.2, 0) is 37.9 Å². The highest BCUT2D eigenvalue weighted by Crippen LogP contribution is 2.72. The first kappa shape index (κ1) is 50.7. The van der Waals surface area contributed by atoms with Crippen LogP contribution in [0.1, 0.15) is 0 Å². The third kappa shape index (κ3) is 6.25. The minimum Gasteiger partial charge on any atom is -0.870 e. The molecule has 56 heavy (non-hydrogen) atoms. The number of fused-ring (bicyclic) bond motifs is 7. The molecule has 2 heterocycles. The lowest BCUT2D eigenvalue weighted by atomic mass is 10.0. The SMILES string of the molecule is COC1(OC)C(Cl)=C(Cl)C(Cl)=C1Cl.COC1(OC)C2(Cl)C(Cl)=C(Cl)C1(Cl)C(O)C2O.COC1(OC)C2(Cl)C(Cl)=C(Cl)C1(Cl)C1OC(=O)OC12.O=c1occo1.[OH-]. The minimum absolute atomic E-state index is 0. The maximum atomic E-state index is 11.3. The molecular weight excluding hydrogens is 1010 g/mol. The Bertz CT molecular complexity index is 1760. The first-order valence-corrected chi connectivity index (χ1v) is 19.1. The molecule has 1 aromatic rings. The minimum atomic E-state index is -1.74. The van der Waals surface area contributed by atoms with Gasteiger partial charge in [-0.1, -0.05) is 92.8 Å². The Hall–Kier alpha value is 0.360. The number of carbonyl (C=O) groups excluding carboxylic acids is 1. The third-order valence-electron chi connectivity index (χ3n) is 9.46. The van der Waals surface area contributed by atoms with Crippen LogP contribution in [0.4, 0.5) is 4.79 Å². The van der Waals surface area contributed by atoms with Gasteiger partial charge in [0.2, 0.25) is 17.4 Å². The number of methoxy groups -OCH3 is 6. The number of hydrogen-bond donors (Lipinski definition) is 2. The zero-order valence-electron chi connectivity index (χ0n) is 28.7. The van der Waals surface area contributed by atoms with Gasteiger partial charge in [-0.3, -0.25) is 0 Å². The van der Waals surface area contributed by atoms with Gasteiger partial charge in [0, 0.05) is 42.7 Å². The van der Waals surface area contributed by atoms with E-state index < -0.39 is 73.3 Å². The number of ether oxygens (including phenoxy) is 8. The van der Waals surface area contributed by atoms with E-state index in [1.807, 2.05) is 0 Å². The number of allylic oxidation sites excluding steroid dienone is 2. The topological polar surface area (TPSA) is 205 Å². The molecule has 5 aliphatic carbocycles. The fourth-order valence-electron chi connectivity index (χ4n) is 6.96. The number of rotatable bonds is 6. The highest BCUT2D eigenvalue weighted by molar-refractivity contribution is 6.54. The molecule has 1 aromatic heterocycles. The van der Waals surface area contributed by atoms with Gasteiger partial charge in [-0.25, -0.2) is 9.59 Å². The number of halogens is 12. The van der Waals surface area contributed by atoms with Crippen LogP contribution in [0.15, 0.2) is 66.4 Å². The largest absolute Gasteiger partial charge is 0.870 e. The fourth-order valence-corrected chi connectivity index (χ4v) is 12.2. The Morgan fingerprint density at radius 1 is 0.518 bits per heavy atom. The van der Waals surface area contributed by atoms with Crippen LogP contribution in [0.2, 0.25) is 0 Å². The van der Waals surface area contributed by atoms with Crippen molar-refractivity contribution in [3.05, 3.63) is 63.4 Å². The molecule has 27 heteroatoms. The quantitative estimate of drug-likeness (QED) is 0.163. The van der Waals surface area contributed by atoms with Crippen molar-refractivity contribution in [3.8, 4) is 0 Å². The molecule has 15 nitrogen and oxygen atoms in total. The van der Waals surface area contributed by atoms with Crippen LogP contribution in [0.5, 0.6) is 0 Å². The maximum absolute atomic E-state index is 11.3. The van der Waals surface area contributed by atoms with Crippen LogP contribution in [-0.4, -0.2) is 126 Å². The molecular formula is C29H27Cl12O15-. The summed E-state index contributed by atoms with van der Waals surface area (Å²) in [6, 6.07) is 0. The molecule has 8 unspecified atom stereocenters. The van der Waals surface area contributed by atoms with Crippen LogP contribution >= 0.6 is 139 Å². The normalized spacial score (nSPS) is 36.2. The second-order valence-electron chi connectivity index (χ2n) is 11.4. The molecule has 6 aliphatic rings. The van der Waals surface area contributed by atoms with Crippen molar-refractivity contribution in [2.75, 3.05) is 42.7 Å². The molecule has 8 atom stereocenters. The van der Waals surface area contributed by atoms with E-state index in [-0.39, 0.29) is 45.7 Å². The molecule has 0 spiro atoms. The van der Waals surface area contributed by atoms with E-state index in [2.05, 4.69) is 8.83 Å². The number of carbonyl (C=O) groups is 1. The molecule has 3 N–H and O–H groups in total. The Morgan fingerprint density at radius 3 is 1.02 bits per heavy atom. The standard InChI is InChI=1S/C10H8Cl4O5.C9H10Cl4O4.C7H6Cl4O2.C3H2O3.H2O/c1-16-10(17-2)8(13)3(11)4(12)9(10,14)6-5(8)18-7(15)19-6;1-16-9(17-2)7(12)3(10)4(11)8(9,13)6(15)5(7)14;1-12-7(13-2)5(10)3(8)4(9)6(7)11;4-3-5-1-2-6-3;/h5-6H,1-2H3;5-6,14-15H,1-2H3;1-2H3;1-2H;1H2/p-1. The number of aliphatic hydroxyl groups is 2. The smallest absolute Gasteiger partial charge is 0.518 e. The van der Waals surface area contributed by atoms with Crippen LogP contribution < -0.4 is 5.82 Å². The number of alkyl halides is 4. The molecule has 2 saturated carbocycles. The van der Waals surface area contributed by atoms with Crippen molar-refractivity contribution < 1.29 is 67.2 Å². The summed E-state index contributed by atoms with van der Waals surface area (Å²) in [6.45, 7) is 0. The third-order valence-corrected chi connectivity index (χ3v) is 16.5. The number of aliphatic hydroxyl groups excluding tert-OH is 2. The van der Waals surface area contributed by atoms with Crippen molar-refractivity contribution >= 4 is 145 Å². The zero-order valence-corrected chi connectivity index (χ0v) is 37.8. The van der Waals surface area contributed by atoms with Gasteiger partial charge in [0.05, 0.1) is 30.2 Å². The lowest BCUT2D eigenvalue weighted by Crippen LogP contribution is -2.59. The molecule has 1 aliphatic heterocycles. The molecule has 7 rings (SSSR count). The summed E-state index contributed by atoms with van der Waals surface area (Å²) in [6.07, 6.45) is -3.34. The van der Waals surface area contributed by atoms with E-state index in [0.717, 1.165) is 0 Å². The van der Waals surface area contributed by atoms with E-state index >= 15 is 0 Å². The van der Waals surface area contributed by atoms with E-state index in [4.69, 9.17) is 177 Å². The number of hydrogen-bond acceptors (Lipinski definition) is 15. The summed E-state index contributed by atoms with van der Waals surface area (Å²) in [5.74, 6) is -5.34. The predicted molar refractivity (Wildman–Crippen MR) is 206 cm³/mol. The van der Waals surface area contributed by atoms with E-state index in [9.17, 15) is 19.8 Å². The van der Waals surface area contributed by atoms with Gasteiger partial charge in [0.1, 0.15) is 34.8 Å². The first-order chi connectivity index (χ1) is 25.5. The average Bonchev–Trinajstić information content (AvgIpc) is 3.96. The highest BCUT2D eigenvalue weighted by Gasteiger charge is 2.89. The first-order valence-electron chi connectivity index (χ1n) is 14.5. The summed E-state index contributed by atoms with van der Waals surface area (Å²) in [4.78, 5) is 14.4. The lowest BCUT2D eigenvalue weighted by molar-refractivity contribution is -0.225. The predicted octanol–water partition coefficient (Wildman–Crippen LogP) is 7.34. The Balaban J connectivity index is 0.000000210. The molecule has 0 radical (unpaired) electrons. The zero-order chi connectivity index (χ0) is 42.1. The molecule has 1 saturated heterocycles. The summed E-state index contributed by atoms with van der Waals surface area (Å²) in [7, 11) is 8.05. The highest BCUT2D eigenvalue weighted by atomic mass is 35.5. The Labute approximate surface area is 377 Å². The molecule has 0 amide bonds.